The third-order valence-electron chi connectivity index (χ3n) is 3.36. The Labute approximate surface area is 91.4 Å². The maximum atomic E-state index is 5.65. The van der Waals surface area contributed by atoms with Gasteiger partial charge in [0.1, 0.15) is 5.75 Å². The zero-order valence-electron chi connectivity index (χ0n) is 9.33. The van der Waals surface area contributed by atoms with Crippen molar-refractivity contribution in [1.82, 2.24) is 0 Å². The van der Waals surface area contributed by atoms with Crippen molar-refractivity contribution in [1.29, 1.82) is 0 Å². The Kier molecular flexibility index (Phi) is 3.27. The quantitative estimate of drug-likeness (QED) is 0.823. The molecule has 1 saturated carbocycles. The van der Waals surface area contributed by atoms with E-state index in [4.69, 9.17) is 10.5 Å². The second kappa shape index (κ2) is 4.67. The van der Waals surface area contributed by atoms with Gasteiger partial charge in [-0.2, -0.15) is 0 Å². The van der Waals surface area contributed by atoms with Gasteiger partial charge in [-0.1, -0.05) is 25.0 Å². The smallest absolute Gasteiger partial charge is 0.123 e. The van der Waals surface area contributed by atoms with E-state index in [0.717, 1.165) is 17.2 Å². The van der Waals surface area contributed by atoms with E-state index in [-0.39, 0.29) is 0 Å². The van der Waals surface area contributed by atoms with Crippen LogP contribution in [0.1, 0.15) is 42.7 Å². The lowest BCUT2D eigenvalue weighted by atomic mass is 9.96. The van der Waals surface area contributed by atoms with Crippen molar-refractivity contribution in [2.24, 2.45) is 5.73 Å². The lowest BCUT2D eigenvalue weighted by Gasteiger charge is -2.13. The van der Waals surface area contributed by atoms with Crippen LogP contribution in [0.15, 0.2) is 18.2 Å². The highest BCUT2D eigenvalue weighted by Crippen LogP contribution is 2.36. The lowest BCUT2D eigenvalue weighted by Crippen LogP contribution is -2.01. The van der Waals surface area contributed by atoms with E-state index in [1.807, 2.05) is 0 Å². The first-order valence-corrected chi connectivity index (χ1v) is 5.72. The maximum absolute atomic E-state index is 5.65. The van der Waals surface area contributed by atoms with Gasteiger partial charge < -0.3 is 10.5 Å². The van der Waals surface area contributed by atoms with E-state index in [1.165, 1.54) is 31.2 Å². The number of ether oxygens (including phenoxy) is 1. The summed E-state index contributed by atoms with van der Waals surface area (Å²) in [6.45, 7) is 0.550. The third kappa shape index (κ3) is 2.15. The van der Waals surface area contributed by atoms with Gasteiger partial charge in [-0.3, -0.25) is 0 Å². The Hall–Kier alpha value is -1.02. The van der Waals surface area contributed by atoms with Gasteiger partial charge in [-0.15, -0.1) is 0 Å². The third-order valence-corrected chi connectivity index (χ3v) is 3.36. The molecule has 2 rings (SSSR count). The number of nitrogens with two attached hydrogens (primary N) is 1. The van der Waals surface area contributed by atoms with Crippen molar-refractivity contribution in [3.63, 3.8) is 0 Å². The highest BCUT2D eigenvalue weighted by atomic mass is 16.5. The topological polar surface area (TPSA) is 35.2 Å². The predicted molar refractivity (Wildman–Crippen MR) is 62.1 cm³/mol. The molecular formula is C13H19NO. The van der Waals surface area contributed by atoms with Crippen LogP contribution < -0.4 is 10.5 Å². The molecule has 1 aromatic rings. The average Bonchev–Trinajstić information content (AvgIpc) is 2.81. The van der Waals surface area contributed by atoms with Crippen molar-refractivity contribution in [3.05, 3.63) is 29.3 Å². The molecule has 0 spiro atoms. The first-order chi connectivity index (χ1) is 7.35. The zero-order valence-corrected chi connectivity index (χ0v) is 9.33. The van der Waals surface area contributed by atoms with Crippen LogP contribution in [0.4, 0.5) is 0 Å². The summed E-state index contributed by atoms with van der Waals surface area (Å²) < 4.78 is 5.36. The van der Waals surface area contributed by atoms with Gasteiger partial charge in [0.05, 0.1) is 7.11 Å². The number of rotatable bonds is 3. The first-order valence-electron chi connectivity index (χ1n) is 5.72. The van der Waals surface area contributed by atoms with Gasteiger partial charge in [-0.25, -0.2) is 0 Å². The molecule has 2 nitrogen and oxygen atoms in total. The summed E-state index contributed by atoms with van der Waals surface area (Å²) in [7, 11) is 1.72. The number of methoxy groups -OCH3 is 1. The van der Waals surface area contributed by atoms with Gasteiger partial charge in [-0.05, 0) is 30.4 Å². The Bertz CT molecular complexity index is 329. The summed E-state index contributed by atoms with van der Waals surface area (Å²) in [5, 5.41) is 0. The monoisotopic (exact) mass is 205 g/mol. The van der Waals surface area contributed by atoms with Crippen molar-refractivity contribution in [2.45, 2.75) is 38.1 Å². The molecule has 1 aromatic carbocycles. The fraction of sp³-hybridized carbons (Fsp3) is 0.538. The van der Waals surface area contributed by atoms with Crippen molar-refractivity contribution in [2.75, 3.05) is 7.11 Å². The molecule has 0 radical (unpaired) electrons. The summed E-state index contributed by atoms with van der Waals surface area (Å²) in [5.74, 6) is 1.69. The van der Waals surface area contributed by atoms with Crippen LogP contribution in [-0.2, 0) is 6.54 Å². The normalized spacial score (nSPS) is 16.9. The van der Waals surface area contributed by atoms with Gasteiger partial charge >= 0.3 is 0 Å². The average molecular weight is 205 g/mol. The predicted octanol–water partition coefficient (Wildman–Crippen LogP) is 2.81. The van der Waals surface area contributed by atoms with Gasteiger partial charge in [0, 0.05) is 12.1 Å². The van der Waals surface area contributed by atoms with E-state index in [9.17, 15) is 0 Å². The van der Waals surface area contributed by atoms with Crippen LogP contribution in [0.25, 0.3) is 0 Å². The summed E-state index contributed by atoms with van der Waals surface area (Å²) in [5.41, 5.74) is 8.16. The van der Waals surface area contributed by atoms with E-state index < -0.39 is 0 Å². The van der Waals surface area contributed by atoms with Crippen LogP contribution in [0.5, 0.6) is 5.75 Å². The molecular weight excluding hydrogens is 186 g/mol. The molecule has 1 fully saturated rings. The molecule has 0 saturated heterocycles. The largest absolute Gasteiger partial charge is 0.496 e. The van der Waals surface area contributed by atoms with Crippen LogP contribution in [0.2, 0.25) is 0 Å². The maximum Gasteiger partial charge on any atom is 0.123 e. The molecule has 1 aliphatic carbocycles. The Morgan fingerprint density at radius 3 is 2.67 bits per heavy atom. The molecule has 2 heteroatoms. The van der Waals surface area contributed by atoms with Gasteiger partial charge in [0.2, 0.25) is 0 Å². The molecule has 1 aliphatic rings. The molecule has 0 amide bonds. The van der Waals surface area contributed by atoms with Crippen LogP contribution in [0.3, 0.4) is 0 Å². The summed E-state index contributed by atoms with van der Waals surface area (Å²) in [6, 6.07) is 6.48. The molecule has 0 bridgehead atoms. The standard InChI is InChI=1S/C13H19NO/c1-15-13-8-11(6-7-12(13)9-14)10-4-2-3-5-10/h6-8,10H,2-5,9,14H2,1H3. The first kappa shape index (κ1) is 10.5. The fourth-order valence-electron chi connectivity index (χ4n) is 2.44. The Morgan fingerprint density at radius 2 is 2.07 bits per heavy atom. The summed E-state index contributed by atoms with van der Waals surface area (Å²) in [6.07, 6.45) is 5.38. The Balaban J connectivity index is 2.25. The Morgan fingerprint density at radius 1 is 1.33 bits per heavy atom. The zero-order chi connectivity index (χ0) is 10.7. The van der Waals surface area contributed by atoms with E-state index in [1.54, 1.807) is 7.11 Å². The molecule has 0 aromatic heterocycles. The van der Waals surface area contributed by atoms with Crippen molar-refractivity contribution < 1.29 is 4.74 Å². The van der Waals surface area contributed by atoms with Gasteiger partial charge in [0.25, 0.3) is 0 Å². The van der Waals surface area contributed by atoms with Crippen LogP contribution in [-0.4, -0.2) is 7.11 Å². The number of hydrogen-bond donors (Lipinski definition) is 1. The van der Waals surface area contributed by atoms with Crippen molar-refractivity contribution >= 4 is 0 Å². The molecule has 0 aliphatic heterocycles. The lowest BCUT2D eigenvalue weighted by molar-refractivity contribution is 0.409. The van der Waals surface area contributed by atoms with E-state index in [2.05, 4.69) is 18.2 Å². The second-order valence-electron chi connectivity index (χ2n) is 4.26. The summed E-state index contributed by atoms with van der Waals surface area (Å²) >= 11 is 0. The molecule has 0 atom stereocenters. The minimum absolute atomic E-state index is 0.550. The molecule has 15 heavy (non-hydrogen) atoms. The molecule has 2 N–H and O–H groups in total. The highest BCUT2D eigenvalue weighted by molar-refractivity contribution is 5.39. The molecule has 0 unspecified atom stereocenters. The SMILES string of the molecule is COc1cc(C2CCCC2)ccc1CN. The number of hydrogen-bond acceptors (Lipinski definition) is 2. The minimum Gasteiger partial charge on any atom is -0.496 e. The van der Waals surface area contributed by atoms with Crippen LogP contribution in [0, 0.1) is 0 Å². The summed E-state index contributed by atoms with van der Waals surface area (Å²) in [4.78, 5) is 0. The minimum atomic E-state index is 0.550. The fourth-order valence-corrected chi connectivity index (χ4v) is 2.44. The van der Waals surface area contributed by atoms with E-state index in [0.29, 0.717) is 6.54 Å². The van der Waals surface area contributed by atoms with Crippen molar-refractivity contribution in [3.8, 4) is 5.75 Å². The number of benzene rings is 1. The molecule has 82 valence electrons. The molecule has 0 heterocycles. The van der Waals surface area contributed by atoms with Gasteiger partial charge in [0.15, 0.2) is 0 Å². The second-order valence-corrected chi connectivity index (χ2v) is 4.26. The van der Waals surface area contributed by atoms with E-state index >= 15 is 0 Å². The van der Waals surface area contributed by atoms with Crippen LogP contribution >= 0.6 is 0 Å². The highest BCUT2D eigenvalue weighted by Gasteiger charge is 2.17.